The number of amides is 1. The molecule has 2 aromatic carbocycles. The van der Waals surface area contributed by atoms with Gasteiger partial charge in [-0.1, -0.05) is 23.2 Å². The third-order valence-electron chi connectivity index (χ3n) is 6.82. The van der Waals surface area contributed by atoms with E-state index in [1.54, 1.807) is 23.1 Å². The van der Waals surface area contributed by atoms with Crippen LogP contribution in [-0.2, 0) is 9.84 Å². The number of sulfone groups is 1. The molecular formula is C25H27Cl2N7O4S. The normalized spacial score (nSPS) is 17.4. The number of H-pyrrole nitrogens is 1. The molecule has 11 nitrogen and oxygen atoms in total. The number of imidazole rings is 1. The highest BCUT2D eigenvalue weighted by Gasteiger charge is 2.30. The fourth-order valence-corrected chi connectivity index (χ4v) is 5.90. The molecule has 0 aliphatic carbocycles. The Hall–Kier alpha value is -3.19. The van der Waals surface area contributed by atoms with Crippen molar-refractivity contribution in [3.63, 3.8) is 0 Å². The molecule has 39 heavy (non-hydrogen) atoms. The van der Waals surface area contributed by atoms with Crippen LogP contribution < -0.4 is 11.2 Å². The summed E-state index contributed by atoms with van der Waals surface area (Å²) < 4.78 is 24.8. The van der Waals surface area contributed by atoms with Crippen molar-refractivity contribution < 1.29 is 18.4 Å². The molecule has 2 aromatic heterocycles. The number of carbonyl (C=O) groups is 1. The molecule has 1 amide bonds. The van der Waals surface area contributed by atoms with Crippen LogP contribution in [-0.4, -0.2) is 75.3 Å². The number of aromatic nitrogens is 4. The topological polar surface area (TPSA) is 160 Å². The van der Waals surface area contributed by atoms with E-state index in [9.17, 15) is 18.4 Å². The van der Waals surface area contributed by atoms with Crippen LogP contribution in [0.1, 0.15) is 41.5 Å². The van der Waals surface area contributed by atoms with Crippen molar-refractivity contribution in [1.29, 1.82) is 0 Å². The lowest BCUT2D eigenvalue weighted by Crippen LogP contribution is -2.40. The van der Waals surface area contributed by atoms with Gasteiger partial charge in [-0.2, -0.15) is 4.73 Å². The second kappa shape index (κ2) is 10.8. The first-order chi connectivity index (χ1) is 18.5. The summed E-state index contributed by atoms with van der Waals surface area (Å²) in [5.41, 5.74) is 7.87. The molecule has 0 bridgehead atoms. The van der Waals surface area contributed by atoms with Gasteiger partial charge in [0.25, 0.3) is 5.91 Å². The molecule has 206 valence electrons. The van der Waals surface area contributed by atoms with Crippen LogP contribution in [0.25, 0.3) is 21.9 Å². The van der Waals surface area contributed by atoms with Crippen LogP contribution in [0.3, 0.4) is 0 Å². The van der Waals surface area contributed by atoms with Crippen molar-refractivity contribution >= 4 is 60.9 Å². The summed E-state index contributed by atoms with van der Waals surface area (Å²) in [6, 6.07) is 7.43. The van der Waals surface area contributed by atoms with E-state index >= 15 is 0 Å². The Bertz CT molecular complexity index is 1750. The highest BCUT2D eigenvalue weighted by Crippen LogP contribution is 2.28. The van der Waals surface area contributed by atoms with Gasteiger partial charge in [0.2, 0.25) is 0 Å². The first-order valence-corrected chi connectivity index (χ1v) is 15.1. The summed E-state index contributed by atoms with van der Waals surface area (Å²) in [7, 11) is -3.30. The van der Waals surface area contributed by atoms with Crippen LogP contribution >= 0.6 is 23.2 Å². The Morgan fingerprint density at radius 2 is 2.10 bits per heavy atom. The molecule has 3 heterocycles. The Kier molecular flexibility index (Phi) is 7.55. The van der Waals surface area contributed by atoms with E-state index < -0.39 is 15.9 Å². The minimum atomic E-state index is -3.30. The molecule has 1 aliphatic heterocycles. The fourth-order valence-electron chi connectivity index (χ4n) is 4.84. The van der Waals surface area contributed by atoms with Crippen LogP contribution in [0.2, 0.25) is 10.0 Å². The average Bonchev–Trinajstić information content (AvgIpc) is 3.53. The van der Waals surface area contributed by atoms with Gasteiger partial charge < -0.3 is 20.8 Å². The average molecular weight is 593 g/mol. The van der Waals surface area contributed by atoms with E-state index in [1.165, 1.54) is 12.1 Å². The minimum absolute atomic E-state index is 0.0668. The quantitative estimate of drug-likeness (QED) is 0.278. The molecule has 2 atom stereocenters. The largest absolute Gasteiger partial charge is 0.427 e. The van der Waals surface area contributed by atoms with Crippen LogP contribution in [0.5, 0.6) is 0 Å². The number of nitrogens with zero attached hydrogens (tertiary/aromatic N) is 5. The zero-order valence-corrected chi connectivity index (χ0v) is 23.3. The summed E-state index contributed by atoms with van der Waals surface area (Å²) in [4.78, 5) is 31.8. The lowest BCUT2D eigenvalue weighted by Gasteiger charge is -2.24. The molecule has 4 aromatic rings. The highest BCUT2D eigenvalue weighted by atomic mass is 35.5. The Morgan fingerprint density at radius 1 is 1.31 bits per heavy atom. The number of carbonyl (C=O) groups excluding carboxylic acids is 1. The Balaban J connectivity index is 1.62. The maximum atomic E-state index is 13.3. The summed E-state index contributed by atoms with van der Waals surface area (Å²) >= 11 is 12.7. The maximum absolute atomic E-state index is 13.3. The Labute approximate surface area is 234 Å². The molecule has 0 unspecified atom stereocenters. The smallest absolute Gasteiger partial charge is 0.255 e. The zero-order valence-electron chi connectivity index (χ0n) is 21.0. The van der Waals surface area contributed by atoms with Crippen LogP contribution in [0, 0.1) is 0 Å². The fraction of sp³-hybridized carbons (Fsp3) is 0.360. The van der Waals surface area contributed by atoms with E-state index in [4.69, 9.17) is 33.9 Å². The van der Waals surface area contributed by atoms with E-state index in [0.717, 1.165) is 30.2 Å². The second-order valence-electron chi connectivity index (χ2n) is 9.64. The number of halogens is 2. The van der Waals surface area contributed by atoms with Gasteiger partial charge in [0, 0.05) is 35.8 Å². The van der Waals surface area contributed by atoms with Gasteiger partial charge >= 0.3 is 0 Å². The SMILES string of the molecule is CS(=O)(=O)CC[C@H](N=c1ncn(O)c2cc(C(=O)N3CCC[C@@H]3CN)c(Cl)cc12)c1nc2ccc(Cl)cc2[nH]1. The number of benzene rings is 2. The number of rotatable bonds is 7. The second-order valence-corrected chi connectivity index (χ2v) is 12.7. The summed E-state index contributed by atoms with van der Waals surface area (Å²) in [5, 5.41) is 11.6. The number of nitrogens with one attached hydrogen (secondary N) is 1. The molecule has 5 rings (SSSR count). The van der Waals surface area contributed by atoms with Crippen molar-refractivity contribution in [2.45, 2.75) is 31.3 Å². The van der Waals surface area contributed by atoms with Gasteiger partial charge in [0.05, 0.1) is 32.9 Å². The zero-order chi connectivity index (χ0) is 27.9. The first-order valence-electron chi connectivity index (χ1n) is 12.3. The molecule has 4 N–H and O–H groups in total. The predicted molar refractivity (Wildman–Crippen MR) is 149 cm³/mol. The lowest BCUT2D eigenvalue weighted by molar-refractivity contribution is 0.0741. The number of hydrogen-bond donors (Lipinski definition) is 3. The molecule has 1 aliphatic rings. The number of likely N-dealkylation sites (tertiary alicyclic amines) is 1. The summed E-state index contributed by atoms with van der Waals surface area (Å²) in [6.45, 7) is 0.933. The van der Waals surface area contributed by atoms with Gasteiger partial charge in [-0.15, -0.1) is 0 Å². The van der Waals surface area contributed by atoms with E-state index in [-0.39, 0.29) is 45.7 Å². The van der Waals surface area contributed by atoms with Gasteiger partial charge in [0.15, 0.2) is 5.49 Å². The van der Waals surface area contributed by atoms with Gasteiger partial charge in [-0.3, -0.25) is 9.79 Å². The number of hydrogen-bond acceptors (Lipinski definition) is 8. The van der Waals surface area contributed by atoms with Gasteiger partial charge in [0.1, 0.15) is 28.0 Å². The number of aromatic amines is 1. The summed E-state index contributed by atoms with van der Waals surface area (Å²) in [5.74, 6) is 0.0323. The van der Waals surface area contributed by atoms with Crippen molar-refractivity contribution in [2.24, 2.45) is 10.7 Å². The molecular weight excluding hydrogens is 565 g/mol. The molecule has 1 fully saturated rings. The number of fused-ring (bicyclic) bond motifs is 2. The number of nitrogens with two attached hydrogens (primary N) is 1. The monoisotopic (exact) mass is 591 g/mol. The van der Waals surface area contributed by atoms with Crippen LogP contribution in [0.15, 0.2) is 41.7 Å². The molecule has 0 spiro atoms. The van der Waals surface area contributed by atoms with Gasteiger partial charge in [-0.25, -0.2) is 18.4 Å². The van der Waals surface area contributed by atoms with Crippen molar-refractivity contribution in [3.05, 3.63) is 63.6 Å². The molecule has 0 saturated carbocycles. The van der Waals surface area contributed by atoms with Crippen molar-refractivity contribution in [1.82, 2.24) is 24.6 Å². The maximum Gasteiger partial charge on any atom is 0.255 e. The first kappa shape index (κ1) is 27.4. The third kappa shape index (κ3) is 5.74. The minimum Gasteiger partial charge on any atom is -0.427 e. The van der Waals surface area contributed by atoms with Crippen LogP contribution in [0.4, 0.5) is 0 Å². The van der Waals surface area contributed by atoms with Crippen molar-refractivity contribution in [3.8, 4) is 0 Å². The van der Waals surface area contributed by atoms with Gasteiger partial charge in [-0.05, 0) is 49.6 Å². The third-order valence-corrected chi connectivity index (χ3v) is 8.35. The van der Waals surface area contributed by atoms with E-state index in [0.29, 0.717) is 40.4 Å². The molecule has 1 saturated heterocycles. The van der Waals surface area contributed by atoms with E-state index in [2.05, 4.69) is 15.0 Å². The predicted octanol–water partition coefficient (Wildman–Crippen LogP) is 3.10. The van der Waals surface area contributed by atoms with Crippen molar-refractivity contribution in [2.75, 3.05) is 25.1 Å². The summed E-state index contributed by atoms with van der Waals surface area (Å²) in [6.07, 6.45) is 4.12. The standard InChI is InChI=1S/C25H27Cl2N7O4S/c1-39(37,38)8-6-20(24-30-19-5-4-14(26)9-21(19)32-24)31-23-17-10-18(27)16(11-22(17)34(36)13-29-23)25(35)33-7-2-3-15(33)12-28/h4-5,9-11,13,15,20,36H,2-3,6-8,12,28H2,1H3,(H,30,32)/t15-,20+/m1/s1. The van der Waals surface area contributed by atoms with E-state index in [1.807, 2.05) is 0 Å². The Morgan fingerprint density at radius 3 is 2.85 bits per heavy atom. The molecule has 14 heteroatoms. The highest BCUT2D eigenvalue weighted by molar-refractivity contribution is 7.90. The molecule has 0 radical (unpaired) electrons. The lowest BCUT2D eigenvalue weighted by atomic mass is 10.1.